The molecule has 214 valence electrons. The van der Waals surface area contributed by atoms with Crippen LogP contribution in [-0.2, 0) is 29.5 Å². The van der Waals surface area contributed by atoms with Crippen LogP contribution >= 0.6 is 0 Å². The Morgan fingerprint density at radius 3 is 1.51 bits per heavy atom. The minimum absolute atomic E-state index is 0.166. The number of hydroxylamine groups is 4. The molecule has 2 aliphatic rings. The topological polar surface area (TPSA) is 98.9 Å². The van der Waals surface area contributed by atoms with E-state index in [1.807, 2.05) is 62.3 Å². The predicted octanol–water partition coefficient (Wildman–Crippen LogP) is 6.17. The van der Waals surface area contributed by atoms with Crippen molar-refractivity contribution in [1.82, 2.24) is 10.1 Å². The van der Waals surface area contributed by atoms with Gasteiger partial charge in [0.2, 0.25) is 0 Å². The fourth-order valence-electron chi connectivity index (χ4n) is 6.40. The van der Waals surface area contributed by atoms with Crippen molar-refractivity contribution in [2.45, 2.75) is 167 Å². The number of rotatable bonds is 11. The highest BCUT2D eigenvalue weighted by Crippen LogP contribution is 2.39. The number of esters is 2. The van der Waals surface area contributed by atoms with Crippen LogP contribution in [-0.4, -0.2) is 56.4 Å². The number of nitrogens with zero attached hydrogens (tertiary/aromatic N) is 2. The van der Waals surface area contributed by atoms with Gasteiger partial charge in [0.15, 0.2) is 0 Å². The lowest BCUT2D eigenvalue weighted by atomic mass is 9.80. The minimum atomic E-state index is -0.552. The Morgan fingerprint density at radius 1 is 0.676 bits per heavy atom. The molecule has 2 heterocycles. The first-order chi connectivity index (χ1) is 16.9. The van der Waals surface area contributed by atoms with Crippen LogP contribution in [0.2, 0.25) is 0 Å². The summed E-state index contributed by atoms with van der Waals surface area (Å²) < 4.78 is 11.5. The first-order valence-electron chi connectivity index (χ1n) is 14.2. The third-order valence-corrected chi connectivity index (χ3v) is 8.11. The van der Waals surface area contributed by atoms with Crippen molar-refractivity contribution < 1.29 is 29.5 Å². The van der Waals surface area contributed by atoms with Crippen LogP contribution in [0.15, 0.2) is 0 Å². The van der Waals surface area contributed by atoms with Crippen LogP contribution in [0.5, 0.6) is 0 Å². The number of carbonyl (C=O) groups is 2. The first kappa shape index (κ1) is 32.0. The molecule has 2 saturated heterocycles. The fraction of sp³-hybridized carbons (Fsp3) is 0.931. The van der Waals surface area contributed by atoms with E-state index >= 15 is 0 Å². The predicted molar refractivity (Wildman–Crippen MR) is 141 cm³/mol. The second-order valence-electron chi connectivity index (χ2n) is 14.0. The van der Waals surface area contributed by atoms with Crippen molar-refractivity contribution in [3.8, 4) is 0 Å². The Balaban J connectivity index is 1.60. The van der Waals surface area contributed by atoms with Gasteiger partial charge >= 0.3 is 11.9 Å². The summed E-state index contributed by atoms with van der Waals surface area (Å²) >= 11 is 0. The van der Waals surface area contributed by atoms with E-state index in [4.69, 9.17) is 9.47 Å². The SMILES string of the molecule is CC(CCCCCCCC(=O)OC1CC(C)(C)N([O])C(C)(C)C1)C(=O)OC1CC(C)(C)N([O])C(C)(C)C1. The normalized spacial score (nSPS) is 24.9. The molecular formula is C29H52N2O6. The molecule has 2 radical (unpaired) electrons. The fourth-order valence-corrected chi connectivity index (χ4v) is 6.40. The van der Waals surface area contributed by atoms with E-state index in [1.165, 1.54) is 0 Å². The Kier molecular flexibility index (Phi) is 10.6. The molecule has 0 aromatic rings. The third kappa shape index (κ3) is 8.91. The second kappa shape index (κ2) is 12.3. The van der Waals surface area contributed by atoms with Gasteiger partial charge in [0, 0.05) is 54.3 Å². The summed E-state index contributed by atoms with van der Waals surface area (Å²) in [6.07, 6.45) is 7.63. The number of hydrogen-bond acceptors (Lipinski definition) is 6. The van der Waals surface area contributed by atoms with Crippen molar-refractivity contribution in [2.75, 3.05) is 0 Å². The minimum Gasteiger partial charge on any atom is -0.462 e. The van der Waals surface area contributed by atoms with E-state index in [0.717, 1.165) is 48.7 Å². The van der Waals surface area contributed by atoms with E-state index in [0.29, 0.717) is 32.1 Å². The lowest BCUT2D eigenvalue weighted by molar-refractivity contribution is -0.299. The molecule has 0 N–H and O–H groups in total. The van der Waals surface area contributed by atoms with Crippen molar-refractivity contribution in [3.05, 3.63) is 0 Å². The molecule has 0 aliphatic carbocycles. The van der Waals surface area contributed by atoms with Crippen molar-refractivity contribution in [3.63, 3.8) is 0 Å². The van der Waals surface area contributed by atoms with Gasteiger partial charge in [0.05, 0.1) is 5.92 Å². The molecule has 0 spiro atoms. The molecule has 0 aromatic carbocycles. The quantitative estimate of drug-likeness (QED) is 0.237. The maximum Gasteiger partial charge on any atom is 0.308 e. The Morgan fingerprint density at radius 2 is 1.05 bits per heavy atom. The Hall–Kier alpha value is -1.22. The van der Waals surface area contributed by atoms with Gasteiger partial charge in [-0.1, -0.05) is 32.6 Å². The zero-order valence-corrected chi connectivity index (χ0v) is 24.9. The maximum atomic E-state index is 12.6. The lowest BCUT2D eigenvalue weighted by Crippen LogP contribution is -2.60. The van der Waals surface area contributed by atoms with Crippen LogP contribution in [0.25, 0.3) is 0 Å². The molecule has 37 heavy (non-hydrogen) atoms. The van der Waals surface area contributed by atoms with Crippen LogP contribution in [0.1, 0.15) is 133 Å². The monoisotopic (exact) mass is 524 g/mol. The summed E-state index contributed by atoms with van der Waals surface area (Å²) in [6, 6.07) is 0. The molecule has 1 atom stereocenters. The van der Waals surface area contributed by atoms with Gasteiger partial charge in [-0.3, -0.25) is 9.59 Å². The van der Waals surface area contributed by atoms with Crippen molar-refractivity contribution >= 4 is 11.9 Å². The zero-order valence-electron chi connectivity index (χ0n) is 24.9. The van der Waals surface area contributed by atoms with Crippen LogP contribution < -0.4 is 0 Å². The second-order valence-corrected chi connectivity index (χ2v) is 14.0. The molecule has 8 nitrogen and oxygen atoms in total. The summed E-state index contributed by atoms with van der Waals surface area (Å²) in [5, 5.41) is 27.3. The Labute approximate surface area is 225 Å². The largest absolute Gasteiger partial charge is 0.462 e. The van der Waals surface area contributed by atoms with E-state index in [9.17, 15) is 20.0 Å². The molecule has 0 aromatic heterocycles. The number of carbonyl (C=O) groups excluding carboxylic acids is 2. The molecule has 2 rings (SSSR count). The van der Waals surface area contributed by atoms with Gasteiger partial charge < -0.3 is 9.47 Å². The molecule has 8 heteroatoms. The van der Waals surface area contributed by atoms with Crippen LogP contribution in [0.3, 0.4) is 0 Å². The van der Waals surface area contributed by atoms with E-state index in [2.05, 4.69) is 0 Å². The first-order valence-corrected chi connectivity index (χ1v) is 14.2. The number of hydrogen-bond donors (Lipinski definition) is 0. The number of piperidine rings is 2. The lowest BCUT2D eigenvalue weighted by Gasteiger charge is -2.49. The van der Waals surface area contributed by atoms with Gasteiger partial charge in [-0.25, -0.2) is 0 Å². The van der Waals surface area contributed by atoms with Gasteiger partial charge in [0.25, 0.3) is 0 Å². The van der Waals surface area contributed by atoms with Crippen molar-refractivity contribution in [2.24, 2.45) is 5.92 Å². The molecule has 1 unspecified atom stereocenters. The van der Waals surface area contributed by atoms with Gasteiger partial charge in [-0.2, -0.15) is 0 Å². The molecule has 0 saturated carbocycles. The molecule has 0 amide bonds. The summed E-state index contributed by atoms with van der Waals surface area (Å²) in [6.45, 7) is 17.2. The Bertz CT molecular complexity index is 742. The highest BCUT2D eigenvalue weighted by atomic mass is 16.6. The summed E-state index contributed by atoms with van der Waals surface area (Å²) in [4.78, 5) is 25.0. The summed E-state index contributed by atoms with van der Waals surface area (Å²) in [5.41, 5.74) is -2.19. The van der Waals surface area contributed by atoms with Crippen molar-refractivity contribution in [1.29, 1.82) is 0 Å². The standard InChI is InChI=1S/C29H52N2O6/c1-21(25(33)37-23-19-28(6,7)31(35)29(8,9)20-23)15-13-11-10-12-14-16-24(32)36-22-17-26(2,3)30(34)27(4,5)18-22/h21-23H,10-20H2,1-9H3. The molecule has 0 bridgehead atoms. The summed E-state index contributed by atoms with van der Waals surface area (Å²) in [5.74, 6) is -0.519. The summed E-state index contributed by atoms with van der Waals surface area (Å²) in [7, 11) is 0. The highest BCUT2D eigenvalue weighted by Gasteiger charge is 2.48. The molecular weight excluding hydrogens is 472 g/mol. The molecule has 2 aliphatic heterocycles. The van der Waals surface area contributed by atoms with E-state index < -0.39 is 22.2 Å². The van der Waals surface area contributed by atoms with E-state index in [-0.39, 0.29) is 30.1 Å². The smallest absolute Gasteiger partial charge is 0.308 e. The zero-order chi connectivity index (χ0) is 28.2. The average molecular weight is 525 g/mol. The number of ether oxygens (including phenoxy) is 2. The van der Waals surface area contributed by atoms with Crippen LogP contribution in [0, 0.1) is 5.92 Å². The van der Waals surface area contributed by atoms with Crippen LogP contribution in [0.4, 0.5) is 0 Å². The number of unbranched alkanes of at least 4 members (excludes halogenated alkanes) is 4. The average Bonchev–Trinajstić information content (AvgIpc) is 2.74. The van der Waals surface area contributed by atoms with Gasteiger partial charge in [-0.05, 0) is 68.2 Å². The van der Waals surface area contributed by atoms with Gasteiger partial charge in [-0.15, -0.1) is 20.5 Å². The van der Waals surface area contributed by atoms with E-state index in [1.54, 1.807) is 0 Å². The highest BCUT2D eigenvalue weighted by molar-refractivity contribution is 5.72. The molecule has 2 fully saturated rings. The third-order valence-electron chi connectivity index (χ3n) is 8.11. The maximum absolute atomic E-state index is 12.6. The van der Waals surface area contributed by atoms with Gasteiger partial charge in [0.1, 0.15) is 12.2 Å².